The fourth-order valence-corrected chi connectivity index (χ4v) is 13.0. The number of nitrogens with one attached hydrogen (secondary N) is 1. The van der Waals surface area contributed by atoms with Gasteiger partial charge in [-0.3, -0.25) is 5.41 Å². The first-order valence-corrected chi connectivity index (χ1v) is 28.1. The number of halogens is 6. The van der Waals surface area contributed by atoms with Crippen LogP contribution in [0.1, 0.15) is 44.5 Å². The highest BCUT2D eigenvalue weighted by Gasteiger charge is 2.39. The van der Waals surface area contributed by atoms with E-state index >= 15 is 0 Å². The number of aryl methyl sites for hydroxylation is 5. The molecule has 0 amide bonds. The molecule has 11 aromatic rings. The molecule has 1 heterocycles. The van der Waals surface area contributed by atoms with Gasteiger partial charge >= 0.3 is 12.4 Å². The molecule has 1 aliphatic carbocycles. The number of nitrogens with zero attached hydrogens (tertiary/aromatic N) is 3. The van der Waals surface area contributed by atoms with Crippen LogP contribution in [0.15, 0.2) is 232 Å². The number of hydrogen-bond donors (Lipinski definition) is 2. The topological polar surface area (TPSA) is 44.4 Å². The van der Waals surface area contributed by atoms with Crippen LogP contribution in [0, 0.1) is 40.0 Å². The summed E-state index contributed by atoms with van der Waals surface area (Å²) in [6.45, 7) is 10.7. The Bertz CT molecular complexity index is 4450. The van der Waals surface area contributed by atoms with Crippen molar-refractivity contribution in [3.63, 3.8) is 0 Å². The fraction of sp³-hybridized carbons (Fsp3) is 0.0986. The minimum Gasteiger partial charge on any atom is -0.309 e. The lowest BCUT2D eigenvalue weighted by molar-refractivity contribution is -0.142. The number of aromatic nitrogens is 1. The summed E-state index contributed by atoms with van der Waals surface area (Å²) >= 11 is 6.27. The monoisotopic (exact) mass is 1140 g/mol. The molecule has 10 aromatic carbocycles. The van der Waals surface area contributed by atoms with Crippen LogP contribution in [0.25, 0.3) is 77.2 Å². The van der Waals surface area contributed by atoms with Gasteiger partial charge in [-0.2, -0.15) is 26.3 Å². The minimum absolute atomic E-state index is 0.0249. The van der Waals surface area contributed by atoms with Gasteiger partial charge in [-0.15, -0.1) is 0 Å². The number of benzene rings is 10. The van der Waals surface area contributed by atoms with Crippen LogP contribution in [0.2, 0.25) is 0 Å². The minimum atomic E-state index is -5.07. The maximum Gasteiger partial charge on any atom is 0.417 e. The number of rotatable bonds is 10. The molecule has 0 unspecified atom stereocenters. The summed E-state index contributed by atoms with van der Waals surface area (Å²) in [6.07, 6.45) is -6.30. The normalized spacial score (nSPS) is 13.5. The second-order valence-electron chi connectivity index (χ2n) is 21.1. The highest BCUT2D eigenvalue weighted by molar-refractivity contribution is 7.99. The zero-order chi connectivity index (χ0) is 58.1. The quantitative estimate of drug-likeness (QED) is 0.0814. The molecule has 0 radical (unpaired) electrons. The van der Waals surface area contributed by atoms with Crippen molar-refractivity contribution >= 4 is 85.5 Å². The molecule has 1 aromatic heterocycles. The summed E-state index contributed by atoms with van der Waals surface area (Å²) < 4.78 is 91.1. The Morgan fingerprint density at radius 3 is 1.77 bits per heavy atom. The lowest BCUT2D eigenvalue weighted by Crippen LogP contribution is -2.30. The van der Waals surface area contributed by atoms with Crippen molar-refractivity contribution < 1.29 is 26.3 Å². The number of thiol groups is 1. The number of anilines is 2. The third kappa shape index (κ3) is 10.2. The molecule has 0 aliphatic heterocycles. The van der Waals surface area contributed by atoms with E-state index in [1.165, 1.54) is 50.4 Å². The van der Waals surface area contributed by atoms with Crippen LogP contribution in [-0.4, -0.2) is 16.0 Å². The maximum absolute atomic E-state index is 14.4. The molecule has 0 atom stereocenters. The number of alkyl halides is 6. The molecule has 0 saturated heterocycles. The third-order valence-electron chi connectivity index (χ3n) is 15.6. The van der Waals surface area contributed by atoms with E-state index in [4.69, 9.17) is 0 Å². The van der Waals surface area contributed by atoms with E-state index in [1.54, 1.807) is 23.9 Å². The zero-order valence-corrected chi connectivity index (χ0v) is 47.4. The molecular weight excluding hydrogens is 1090 g/mol. The lowest BCUT2D eigenvalue weighted by Gasteiger charge is -2.31. The van der Waals surface area contributed by atoms with E-state index in [0.717, 1.165) is 71.5 Å². The maximum atomic E-state index is 14.4. The first kappa shape index (κ1) is 54.7. The standard InChI is InChI=1S/C71H52F6N4S2/c1-41-36-44(4)65(45(5)37-41)51-18-30-58-49(38-51)20-34-63-66(58)60-39-50(19-33-62(60)81(63)55-26-28-56(29-27-55)83-69-42(2)10-9-11-43(69)3)59-32-35-64(67(78)68(59)79-82)80(53-22-14-47(15-23-53)46-12-7-6-8-13-46)54-24-16-48(17-25-54)57-31-21-52(70(72,73)74)40-61(57)71(75,76)77/h6-40,78,82H,1-5H3/b78-67?,79-68-. The van der Waals surface area contributed by atoms with E-state index in [0.29, 0.717) is 28.7 Å². The molecule has 0 spiro atoms. The van der Waals surface area contributed by atoms with Crippen LogP contribution in [0.4, 0.5) is 37.7 Å². The molecule has 410 valence electrons. The van der Waals surface area contributed by atoms with Gasteiger partial charge < -0.3 is 9.47 Å². The Morgan fingerprint density at radius 1 is 0.518 bits per heavy atom. The number of allylic oxidation sites excluding steroid dienone is 4. The first-order chi connectivity index (χ1) is 39.8. The van der Waals surface area contributed by atoms with E-state index in [1.807, 2.05) is 77.7 Å². The van der Waals surface area contributed by atoms with Gasteiger partial charge in [-0.05, 0) is 216 Å². The van der Waals surface area contributed by atoms with Crippen molar-refractivity contribution in [3.8, 4) is 39.1 Å². The van der Waals surface area contributed by atoms with Gasteiger partial charge in [0.25, 0.3) is 0 Å². The Morgan fingerprint density at radius 2 is 1.13 bits per heavy atom. The molecule has 0 saturated carbocycles. The van der Waals surface area contributed by atoms with Crippen molar-refractivity contribution in [2.24, 2.45) is 4.40 Å². The van der Waals surface area contributed by atoms with Crippen LogP contribution >= 0.6 is 24.6 Å². The van der Waals surface area contributed by atoms with Crippen LogP contribution in [0.5, 0.6) is 0 Å². The summed E-state index contributed by atoms with van der Waals surface area (Å²) in [5.74, 6) is 0. The summed E-state index contributed by atoms with van der Waals surface area (Å²) in [5, 5.41) is 14.2. The molecule has 0 fully saturated rings. The molecule has 83 heavy (non-hydrogen) atoms. The Kier molecular flexibility index (Phi) is 14.2. The lowest BCUT2D eigenvalue weighted by atomic mass is 9.90. The van der Waals surface area contributed by atoms with Gasteiger partial charge in [0.05, 0.1) is 27.9 Å². The van der Waals surface area contributed by atoms with Gasteiger partial charge in [0.2, 0.25) is 0 Å². The van der Waals surface area contributed by atoms with E-state index in [2.05, 4.69) is 153 Å². The highest BCUT2D eigenvalue weighted by Crippen LogP contribution is 2.45. The number of hydrogen-bond acceptors (Lipinski definition) is 5. The van der Waals surface area contributed by atoms with E-state index in [9.17, 15) is 31.8 Å². The second-order valence-corrected chi connectivity index (χ2v) is 22.3. The van der Waals surface area contributed by atoms with Crippen molar-refractivity contribution in [1.82, 2.24) is 4.57 Å². The van der Waals surface area contributed by atoms with Gasteiger partial charge in [-0.1, -0.05) is 133 Å². The Hall–Kier alpha value is -8.84. The van der Waals surface area contributed by atoms with Crippen molar-refractivity contribution in [2.45, 2.75) is 56.8 Å². The van der Waals surface area contributed by atoms with E-state index < -0.39 is 29.0 Å². The average molecular weight is 1140 g/mol. The number of fused-ring (bicyclic) bond motifs is 5. The second kappa shape index (κ2) is 21.5. The predicted molar refractivity (Wildman–Crippen MR) is 334 cm³/mol. The molecule has 1 aliphatic rings. The largest absolute Gasteiger partial charge is 0.417 e. The summed E-state index contributed by atoms with van der Waals surface area (Å²) in [4.78, 5) is 4.18. The third-order valence-corrected chi connectivity index (χ3v) is 17.1. The van der Waals surface area contributed by atoms with Gasteiger partial charge in [0.1, 0.15) is 11.4 Å². The average Bonchev–Trinajstić information content (AvgIpc) is 2.22. The van der Waals surface area contributed by atoms with Crippen molar-refractivity contribution in [3.05, 3.63) is 263 Å². The molecular formula is C71H52F6N4S2. The van der Waals surface area contributed by atoms with Crippen LogP contribution in [-0.2, 0) is 12.4 Å². The SMILES string of the molecule is Cc1cc(C)c(-c2ccc3c(ccc4c3c3cc(C5=CC=C(N(c6ccc(-c7ccccc7)cc6)c6ccc(-c7ccc(C(F)(F)F)cc7C(F)(F)F)cc6)C(=N)/C5=N\S)ccc3n4-c3ccc(Sc4c(C)cccc4C)cc3)c2)c(C)c1. The van der Waals surface area contributed by atoms with E-state index in [-0.39, 0.29) is 23.1 Å². The smallest absolute Gasteiger partial charge is 0.309 e. The highest BCUT2D eigenvalue weighted by atomic mass is 32.2. The van der Waals surface area contributed by atoms with Gasteiger partial charge in [0.15, 0.2) is 0 Å². The molecule has 12 rings (SSSR count). The molecule has 1 N–H and O–H groups in total. The van der Waals surface area contributed by atoms with Gasteiger partial charge in [0, 0.05) is 43.2 Å². The summed E-state index contributed by atoms with van der Waals surface area (Å²) in [6, 6.07) is 62.2. The molecule has 4 nitrogen and oxygen atoms in total. The first-order valence-electron chi connectivity index (χ1n) is 26.9. The van der Waals surface area contributed by atoms with Crippen molar-refractivity contribution in [2.75, 3.05) is 4.90 Å². The fourth-order valence-electron chi connectivity index (χ4n) is 11.8. The molecule has 0 bridgehead atoms. The van der Waals surface area contributed by atoms with Crippen LogP contribution < -0.4 is 4.90 Å². The van der Waals surface area contributed by atoms with Gasteiger partial charge in [-0.25, -0.2) is 4.40 Å². The Balaban J connectivity index is 0.992. The molecule has 12 heteroatoms. The zero-order valence-electron chi connectivity index (χ0n) is 45.7. The van der Waals surface area contributed by atoms with Crippen LogP contribution in [0.3, 0.4) is 0 Å². The summed E-state index contributed by atoms with van der Waals surface area (Å²) in [7, 11) is 0. The predicted octanol–water partition coefficient (Wildman–Crippen LogP) is 21.1. The van der Waals surface area contributed by atoms with Crippen molar-refractivity contribution in [1.29, 1.82) is 5.41 Å². The summed E-state index contributed by atoms with van der Waals surface area (Å²) in [5.41, 5.74) is 13.5. The Labute approximate surface area is 486 Å².